The molecule has 0 radical (unpaired) electrons. The molecule has 1 fully saturated rings. The molecule has 2 N–H and O–H groups in total. The summed E-state index contributed by atoms with van der Waals surface area (Å²) in [6.45, 7) is 0. The smallest absolute Gasteiger partial charge is 0.283 e. The molecule has 8 heteroatoms. The van der Waals surface area contributed by atoms with Gasteiger partial charge in [0.1, 0.15) is 5.56 Å². The molecular weight excluding hydrogens is 308 g/mol. The standard InChI is InChI=1S/C14H15ClN4O3/c15-9-4-5-10(11(8-9)19(20)21)12-17-13(18-22-12)14(16)6-2-1-3-7-14/h4-5,8H,1-3,6-7,16H2. The van der Waals surface area contributed by atoms with E-state index in [2.05, 4.69) is 10.1 Å². The lowest BCUT2D eigenvalue weighted by Crippen LogP contribution is -2.39. The Morgan fingerprint density at radius 3 is 2.73 bits per heavy atom. The molecule has 0 spiro atoms. The SMILES string of the molecule is NC1(c2noc(-c3ccc(Cl)cc3[N+](=O)[O-])n2)CCCCC1. The highest BCUT2D eigenvalue weighted by Crippen LogP contribution is 2.36. The molecule has 1 aromatic carbocycles. The van der Waals surface area contributed by atoms with Gasteiger partial charge < -0.3 is 10.3 Å². The molecule has 2 aromatic rings. The second-order valence-corrected chi connectivity index (χ2v) is 5.99. The van der Waals surface area contributed by atoms with E-state index in [0.717, 1.165) is 32.1 Å². The van der Waals surface area contributed by atoms with Gasteiger partial charge >= 0.3 is 0 Å². The Kier molecular flexibility index (Phi) is 3.84. The monoisotopic (exact) mass is 322 g/mol. The van der Waals surface area contributed by atoms with E-state index in [1.807, 2.05) is 0 Å². The van der Waals surface area contributed by atoms with Crippen molar-refractivity contribution in [3.05, 3.63) is 39.2 Å². The van der Waals surface area contributed by atoms with Crippen LogP contribution in [0.3, 0.4) is 0 Å². The fraction of sp³-hybridized carbons (Fsp3) is 0.429. The van der Waals surface area contributed by atoms with Crippen molar-refractivity contribution in [2.75, 3.05) is 0 Å². The minimum Gasteiger partial charge on any atom is -0.334 e. The predicted octanol–water partition coefficient (Wildman–Crippen LogP) is 3.42. The molecule has 3 rings (SSSR count). The second-order valence-electron chi connectivity index (χ2n) is 5.56. The summed E-state index contributed by atoms with van der Waals surface area (Å²) in [7, 11) is 0. The Hall–Kier alpha value is -1.99. The number of nitrogens with zero attached hydrogens (tertiary/aromatic N) is 3. The number of hydrogen-bond acceptors (Lipinski definition) is 6. The molecule has 1 heterocycles. The van der Waals surface area contributed by atoms with Crippen LogP contribution in [0.2, 0.25) is 5.02 Å². The van der Waals surface area contributed by atoms with Gasteiger partial charge in [0.05, 0.1) is 10.5 Å². The Labute approximate surface area is 131 Å². The third kappa shape index (κ3) is 2.69. The van der Waals surface area contributed by atoms with Crippen molar-refractivity contribution in [1.29, 1.82) is 0 Å². The molecule has 0 unspecified atom stereocenters. The van der Waals surface area contributed by atoms with Gasteiger partial charge in [-0.3, -0.25) is 10.1 Å². The highest BCUT2D eigenvalue weighted by atomic mass is 35.5. The quantitative estimate of drug-likeness (QED) is 0.685. The largest absolute Gasteiger partial charge is 0.334 e. The van der Waals surface area contributed by atoms with Gasteiger partial charge in [0.2, 0.25) is 0 Å². The number of nitro benzene ring substituents is 1. The molecule has 0 bridgehead atoms. The zero-order valence-electron chi connectivity index (χ0n) is 11.8. The molecule has 0 atom stereocenters. The third-order valence-corrected chi connectivity index (χ3v) is 4.24. The summed E-state index contributed by atoms with van der Waals surface area (Å²) in [5.74, 6) is 0.500. The van der Waals surface area contributed by atoms with E-state index in [0.29, 0.717) is 5.82 Å². The molecule has 22 heavy (non-hydrogen) atoms. The van der Waals surface area contributed by atoms with Crippen molar-refractivity contribution in [2.24, 2.45) is 5.73 Å². The third-order valence-electron chi connectivity index (χ3n) is 4.00. The minimum atomic E-state index is -0.610. The van der Waals surface area contributed by atoms with Crippen LogP contribution in [-0.2, 0) is 5.54 Å². The summed E-state index contributed by atoms with van der Waals surface area (Å²) in [6.07, 6.45) is 4.75. The van der Waals surface area contributed by atoms with Gasteiger partial charge in [0.25, 0.3) is 11.6 Å². The van der Waals surface area contributed by atoms with Crippen LogP contribution in [0, 0.1) is 10.1 Å². The highest BCUT2D eigenvalue weighted by Gasteiger charge is 2.35. The zero-order chi connectivity index (χ0) is 15.7. The fourth-order valence-corrected chi connectivity index (χ4v) is 2.94. The maximum Gasteiger partial charge on any atom is 0.283 e. The first-order valence-corrected chi connectivity index (χ1v) is 7.45. The Bertz CT molecular complexity index is 710. The second kappa shape index (κ2) is 5.66. The number of nitro groups is 1. The number of halogens is 1. The van der Waals surface area contributed by atoms with Crippen LogP contribution in [-0.4, -0.2) is 15.1 Å². The fourth-order valence-electron chi connectivity index (χ4n) is 2.78. The summed E-state index contributed by atoms with van der Waals surface area (Å²) in [4.78, 5) is 14.9. The topological polar surface area (TPSA) is 108 Å². The summed E-state index contributed by atoms with van der Waals surface area (Å²) in [5, 5.41) is 15.4. The Morgan fingerprint density at radius 2 is 2.05 bits per heavy atom. The summed E-state index contributed by atoms with van der Waals surface area (Å²) in [6, 6.07) is 4.31. The summed E-state index contributed by atoms with van der Waals surface area (Å²) < 4.78 is 5.21. The molecule has 0 aliphatic heterocycles. The Balaban J connectivity index is 1.99. The first kappa shape index (κ1) is 14.9. The lowest BCUT2D eigenvalue weighted by atomic mass is 9.82. The molecule has 0 saturated heterocycles. The first-order chi connectivity index (χ1) is 10.5. The molecule has 1 aliphatic carbocycles. The summed E-state index contributed by atoms with van der Waals surface area (Å²) in [5.41, 5.74) is 5.82. The van der Waals surface area contributed by atoms with Gasteiger partial charge in [-0.25, -0.2) is 0 Å². The van der Waals surface area contributed by atoms with Crippen LogP contribution in [0.4, 0.5) is 5.69 Å². The average Bonchev–Trinajstić information content (AvgIpc) is 2.98. The first-order valence-electron chi connectivity index (χ1n) is 7.07. The number of hydrogen-bond donors (Lipinski definition) is 1. The van der Waals surface area contributed by atoms with Crippen LogP contribution in [0.25, 0.3) is 11.5 Å². The number of rotatable bonds is 3. The molecule has 7 nitrogen and oxygen atoms in total. The van der Waals surface area contributed by atoms with Crippen molar-refractivity contribution >= 4 is 17.3 Å². The number of benzene rings is 1. The van der Waals surface area contributed by atoms with E-state index >= 15 is 0 Å². The lowest BCUT2D eigenvalue weighted by molar-refractivity contribution is -0.384. The predicted molar refractivity (Wildman–Crippen MR) is 80.3 cm³/mol. The van der Waals surface area contributed by atoms with Gasteiger partial charge in [-0.15, -0.1) is 0 Å². The van der Waals surface area contributed by atoms with E-state index in [1.54, 1.807) is 6.07 Å². The van der Waals surface area contributed by atoms with Crippen LogP contribution in [0.5, 0.6) is 0 Å². The van der Waals surface area contributed by atoms with E-state index < -0.39 is 10.5 Å². The van der Waals surface area contributed by atoms with E-state index in [-0.39, 0.29) is 22.2 Å². The molecular formula is C14H15ClN4O3. The van der Waals surface area contributed by atoms with Gasteiger partial charge in [-0.1, -0.05) is 36.0 Å². The van der Waals surface area contributed by atoms with Crippen molar-refractivity contribution in [3.8, 4) is 11.5 Å². The van der Waals surface area contributed by atoms with Crippen molar-refractivity contribution in [1.82, 2.24) is 10.1 Å². The average molecular weight is 323 g/mol. The van der Waals surface area contributed by atoms with Gasteiger partial charge in [0.15, 0.2) is 5.82 Å². The molecule has 0 amide bonds. The summed E-state index contributed by atoms with van der Waals surface area (Å²) >= 11 is 5.81. The van der Waals surface area contributed by atoms with E-state index in [9.17, 15) is 10.1 Å². The van der Waals surface area contributed by atoms with Crippen molar-refractivity contribution in [3.63, 3.8) is 0 Å². The van der Waals surface area contributed by atoms with Gasteiger partial charge in [0, 0.05) is 11.1 Å². The van der Waals surface area contributed by atoms with Gasteiger partial charge in [-0.05, 0) is 25.0 Å². The Morgan fingerprint density at radius 1 is 1.32 bits per heavy atom. The van der Waals surface area contributed by atoms with Crippen LogP contribution >= 0.6 is 11.6 Å². The highest BCUT2D eigenvalue weighted by molar-refractivity contribution is 6.30. The van der Waals surface area contributed by atoms with Crippen LogP contribution in [0.15, 0.2) is 22.7 Å². The van der Waals surface area contributed by atoms with Crippen LogP contribution in [0.1, 0.15) is 37.9 Å². The lowest BCUT2D eigenvalue weighted by Gasteiger charge is -2.29. The van der Waals surface area contributed by atoms with E-state index in [4.69, 9.17) is 21.9 Å². The molecule has 1 aromatic heterocycles. The van der Waals surface area contributed by atoms with Crippen molar-refractivity contribution in [2.45, 2.75) is 37.6 Å². The maximum absolute atomic E-state index is 11.2. The zero-order valence-corrected chi connectivity index (χ0v) is 12.5. The molecule has 1 saturated carbocycles. The molecule has 1 aliphatic rings. The van der Waals surface area contributed by atoms with Crippen molar-refractivity contribution < 1.29 is 9.45 Å². The normalized spacial score (nSPS) is 17.4. The number of nitrogens with two attached hydrogens (primary N) is 1. The number of aromatic nitrogens is 2. The van der Waals surface area contributed by atoms with Gasteiger partial charge in [-0.2, -0.15) is 4.98 Å². The maximum atomic E-state index is 11.2. The minimum absolute atomic E-state index is 0.0914. The van der Waals surface area contributed by atoms with Crippen LogP contribution < -0.4 is 5.73 Å². The molecule has 116 valence electrons. The van der Waals surface area contributed by atoms with E-state index in [1.165, 1.54) is 12.1 Å².